The van der Waals surface area contributed by atoms with Crippen molar-refractivity contribution in [3.8, 4) is 5.75 Å². The number of pyridine rings is 1. The lowest BCUT2D eigenvalue weighted by molar-refractivity contribution is -0.115. The lowest BCUT2D eigenvalue weighted by Crippen LogP contribution is -2.23. The molecule has 2 aromatic heterocycles. The largest absolute Gasteiger partial charge is 0.497 e. The molecule has 2 aromatic carbocycles. The molecule has 1 atom stereocenters. The maximum Gasteiger partial charge on any atom is 0.237 e. The van der Waals surface area contributed by atoms with E-state index in [-0.39, 0.29) is 11.2 Å². The second-order valence-electron chi connectivity index (χ2n) is 7.40. The molecule has 4 aromatic rings. The van der Waals surface area contributed by atoms with E-state index in [9.17, 15) is 4.79 Å². The lowest BCUT2D eigenvalue weighted by Gasteiger charge is -2.15. The fourth-order valence-corrected chi connectivity index (χ4v) is 4.42. The molecule has 6 nitrogen and oxygen atoms in total. The minimum absolute atomic E-state index is 0.0665. The first-order valence-electron chi connectivity index (χ1n) is 9.75. The summed E-state index contributed by atoms with van der Waals surface area (Å²) in [5, 5.41) is 13.2. The van der Waals surface area contributed by atoms with Crippen LogP contribution in [0.3, 0.4) is 0 Å². The van der Waals surface area contributed by atoms with Crippen molar-refractivity contribution in [2.24, 2.45) is 0 Å². The third-order valence-corrected chi connectivity index (χ3v) is 6.30. The maximum atomic E-state index is 12.9. The summed E-state index contributed by atoms with van der Waals surface area (Å²) < 4.78 is 7.39. The topological polar surface area (TPSA) is 68.5 Å². The Kier molecular flexibility index (Phi) is 5.39. The highest BCUT2D eigenvalue weighted by molar-refractivity contribution is 8.00. The first-order valence-corrected chi connectivity index (χ1v) is 10.6. The summed E-state index contributed by atoms with van der Waals surface area (Å²) in [4.78, 5) is 12.9. The third kappa shape index (κ3) is 3.61. The monoisotopic (exact) mass is 420 g/mol. The van der Waals surface area contributed by atoms with E-state index in [0.29, 0.717) is 5.16 Å². The molecule has 30 heavy (non-hydrogen) atoms. The highest BCUT2D eigenvalue weighted by Crippen LogP contribution is 2.30. The lowest BCUT2D eigenvalue weighted by atomic mass is 10.1. The number of amides is 1. The molecular formula is C23H24N4O2S. The van der Waals surface area contributed by atoms with Gasteiger partial charge < -0.3 is 10.1 Å². The molecule has 1 N–H and O–H groups in total. The predicted octanol–water partition coefficient (Wildman–Crippen LogP) is 4.94. The first kappa shape index (κ1) is 20.2. The minimum Gasteiger partial charge on any atom is -0.497 e. The van der Waals surface area contributed by atoms with E-state index >= 15 is 0 Å². The van der Waals surface area contributed by atoms with Gasteiger partial charge in [-0.05, 0) is 62.6 Å². The number of hydrogen-bond donors (Lipinski definition) is 1. The van der Waals surface area contributed by atoms with Crippen LogP contribution in [0.25, 0.3) is 16.6 Å². The Morgan fingerprint density at radius 1 is 1.07 bits per heavy atom. The van der Waals surface area contributed by atoms with E-state index in [1.807, 2.05) is 67.6 Å². The molecule has 0 fully saturated rings. The van der Waals surface area contributed by atoms with Crippen LogP contribution < -0.4 is 10.1 Å². The van der Waals surface area contributed by atoms with Crippen molar-refractivity contribution in [3.63, 3.8) is 0 Å². The van der Waals surface area contributed by atoms with Crippen molar-refractivity contribution in [2.75, 3.05) is 12.4 Å². The van der Waals surface area contributed by atoms with Crippen LogP contribution in [0.15, 0.2) is 47.6 Å². The first-order chi connectivity index (χ1) is 14.4. The summed E-state index contributed by atoms with van der Waals surface area (Å²) in [6.07, 6.45) is 0. The fraction of sp³-hybridized carbons (Fsp3) is 0.261. The van der Waals surface area contributed by atoms with Crippen LogP contribution in [-0.2, 0) is 4.79 Å². The number of aromatic nitrogens is 3. The number of thioether (sulfide) groups is 1. The van der Waals surface area contributed by atoms with Gasteiger partial charge in [-0.15, -0.1) is 10.2 Å². The zero-order chi connectivity index (χ0) is 21.4. The second kappa shape index (κ2) is 7.99. The standard InChI is InChI=1S/C23H24N4O2S/c1-13-7-6-8-14(2)21(13)24-22(28)16(4)30-23-26-25-20-11-15(3)18-10-9-17(29-5)12-19(18)27(20)23/h6-12,16H,1-5H3,(H,24,28). The van der Waals surface area contributed by atoms with Gasteiger partial charge in [0.2, 0.25) is 5.91 Å². The van der Waals surface area contributed by atoms with E-state index in [0.717, 1.165) is 44.7 Å². The number of anilines is 1. The number of para-hydroxylation sites is 1. The van der Waals surface area contributed by atoms with Crippen molar-refractivity contribution in [2.45, 2.75) is 38.1 Å². The third-order valence-electron chi connectivity index (χ3n) is 5.26. The summed E-state index contributed by atoms with van der Waals surface area (Å²) in [5.74, 6) is 0.697. The Morgan fingerprint density at radius 2 is 1.80 bits per heavy atom. The Hall–Kier alpha value is -3.06. The molecule has 1 amide bonds. The molecule has 0 saturated heterocycles. The number of ether oxygens (including phenoxy) is 1. The smallest absolute Gasteiger partial charge is 0.237 e. The van der Waals surface area contributed by atoms with Gasteiger partial charge in [-0.2, -0.15) is 0 Å². The van der Waals surface area contributed by atoms with Crippen LogP contribution in [0, 0.1) is 20.8 Å². The second-order valence-corrected chi connectivity index (χ2v) is 8.71. The van der Waals surface area contributed by atoms with Gasteiger partial charge >= 0.3 is 0 Å². The molecule has 0 spiro atoms. The number of nitrogens with one attached hydrogen (secondary N) is 1. The van der Waals surface area contributed by atoms with Gasteiger partial charge in [0.25, 0.3) is 0 Å². The number of hydrogen-bond acceptors (Lipinski definition) is 5. The number of aryl methyl sites for hydroxylation is 3. The normalized spacial score (nSPS) is 12.3. The maximum absolute atomic E-state index is 12.9. The van der Waals surface area contributed by atoms with Crippen LogP contribution in [0.2, 0.25) is 0 Å². The molecule has 0 radical (unpaired) electrons. The number of methoxy groups -OCH3 is 1. The molecule has 0 bridgehead atoms. The quantitative estimate of drug-likeness (QED) is 0.463. The Labute approximate surface area is 179 Å². The van der Waals surface area contributed by atoms with Gasteiger partial charge in [0, 0.05) is 17.1 Å². The summed E-state index contributed by atoms with van der Waals surface area (Å²) >= 11 is 1.39. The molecular weight excluding hydrogens is 396 g/mol. The van der Waals surface area contributed by atoms with E-state index in [4.69, 9.17) is 4.74 Å². The molecule has 1 unspecified atom stereocenters. The average molecular weight is 421 g/mol. The zero-order valence-corrected chi connectivity index (χ0v) is 18.5. The fourth-order valence-electron chi connectivity index (χ4n) is 3.55. The number of rotatable bonds is 5. The van der Waals surface area contributed by atoms with Crippen molar-refractivity contribution >= 4 is 39.9 Å². The molecule has 2 heterocycles. The van der Waals surface area contributed by atoms with Gasteiger partial charge in [0.05, 0.1) is 17.9 Å². The summed E-state index contributed by atoms with van der Waals surface area (Å²) in [5.41, 5.74) is 5.78. The molecule has 0 aliphatic carbocycles. The van der Waals surface area contributed by atoms with E-state index in [1.165, 1.54) is 11.8 Å². The van der Waals surface area contributed by atoms with Crippen LogP contribution in [0.1, 0.15) is 23.6 Å². The predicted molar refractivity (Wildman–Crippen MR) is 122 cm³/mol. The van der Waals surface area contributed by atoms with Gasteiger partial charge in [-0.25, -0.2) is 0 Å². The minimum atomic E-state index is -0.349. The number of fused-ring (bicyclic) bond motifs is 3. The van der Waals surface area contributed by atoms with Gasteiger partial charge in [-0.3, -0.25) is 9.20 Å². The van der Waals surface area contributed by atoms with Crippen molar-refractivity contribution in [1.29, 1.82) is 0 Å². The molecule has 0 aliphatic rings. The number of carbonyl (C=O) groups is 1. The van der Waals surface area contributed by atoms with Crippen LogP contribution in [0.4, 0.5) is 5.69 Å². The van der Waals surface area contributed by atoms with E-state index in [1.54, 1.807) is 7.11 Å². The highest BCUT2D eigenvalue weighted by Gasteiger charge is 2.20. The summed E-state index contributed by atoms with van der Waals surface area (Å²) in [7, 11) is 1.65. The molecule has 7 heteroatoms. The van der Waals surface area contributed by atoms with Crippen molar-refractivity contribution < 1.29 is 9.53 Å². The highest BCUT2D eigenvalue weighted by atomic mass is 32.2. The van der Waals surface area contributed by atoms with Crippen LogP contribution in [-0.4, -0.2) is 32.9 Å². The molecule has 4 rings (SSSR count). The van der Waals surface area contributed by atoms with E-state index in [2.05, 4.69) is 22.4 Å². The summed E-state index contributed by atoms with van der Waals surface area (Å²) in [6, 6.07) is 13.9. The Bertz CT molecular complexity index is 1250. The number of benzene rings is 2. The molecule has 0 aliphatic heterocycles. The number of carbonyl (C=O) groups excluding carboxylic acids is 1. The van der Waals surface area contributed by atoms with Gasteiger partial charge in [0.1, 0.15) is 5.75 Å². The van der Waals surface area contributed by atoms with Crippen LogP contribution in [0.5, 0.6) is 5.75 Å². The molecule has 154 valence electrons. The average Bonchev–Trinajstić information content (AvgIpc) is 3.12. The Morgan fingerprint density at radius 3 is 2.50 bits per heavy atom. The van der Waals surface area contributed by atoms with Crippen molar-refractivity contribution in [1.82, 2.24) is 14.6 Å². The molecule has 0 saturated carbocycles. The summed E-state index contributed by atoms with van der Waals surface area (Å²) in [6.45, 7) is 7.92. The van der Waals surface area contributed by atoms with Gasteiger partial charge in [0.15, 0.2) is 10.8 Å². The van der Waals surface area contributed by atoms with E-state index < -0.39 is 0 Å². The van der Waals surface area contributed by atoms with Gasteiger partial charge in [-0.1, -0.05) is 30.0 Å². The number of nitrogens with zero attached hydrogens (tertiary/aromatic N) is 3. The van der Waals surface area contributed by atoms with Crippen molar-refractivity contribution in [3.05, 3.63) is 59.2 Å². The SMILES string of the molecule is COc1ccc2c(C)cc3nnc(SC(C)C(=O)Nc4c(C)cccc4C)n3c2c1. The zero-order valence-electron chi connectivity index (χ0n) is 17.7. The Balaban J connectivity index is 1.68. The van der Waals surface area contributed by atoms with Crippen LogP contribution >= 0.6 is 11.8 Å².